The molecule has 2 amide bonds. The molecule has 2 aromatic rings. The van der Waals surface area contributed by atoms with Gasteiger partial charge in [0.1, 0.15) is 11.8 Å². The summed E-state index contributed by atoms with van der Waals surface area (Å²) in [5.74, 6) is 0.0851. The molecule has 2 aromatic carbocycles. The third kappa shape index (κ3) is 6.84. The van der Waals surface area contributed by atoms with Gasteiger partial charge in [-0.25, -0.2) is 0 Å². The first kappa shape index (κ1) is 22.2. The number of benzene rings is 2. The number of amides is 2. The van der Waals surface area contributed by atoms with Crippen LogP contribution >= 0.6 is 27.5 Å². The Hall–Kier alpha value is -2.05. The van der Waals surface area contributed by atoms with E-state index in [0.717, 1.165) is 10.0 Å². The largest absolute Gasteiger partial charge is 0.484 e. The van der Waals surface area contributed by atoms with Crippen LogP contribution in [0.5, 0.6) is 5.75 Å². The normalized spacial score (nSPS) is 11.8. The molecule has 0 spiro atoms. The van der Waals surface area contributed by atoms with Crippen LogP contribution in [0, 0.1) is 0 Å². The van der Waals surface area contributed by atoms with Crippen LogP contribution in [0.25, 0.3) is 0 Å². The van der Waals surface area contributed by atoms with Crippen LogP contribution in [0.3, 0.4) is 0 Å². The molecule has 0 aromatic heterocycles. The molecule has 5 nitrogen and oxygen atoms in total. The SMILES string of the molecule is CC(C)NC(=O)[C@@H](C)N(Cc1cccc(Cl)c1)C(=O)COc1ccc(Br)cc1. The smallest absolute Gasteiger partial charge is 0.261 e. The number of ether oxygens (including phenoxy) is 1. The molecule has 0 heterocycles. The van der Waals surface area contributed by atoms with E-state index < -0.39 is 6.04 Å². The molecule has 28 heavy (non-hydrogen) atoms. The molecular weight excluding hydrogens is 444 g/mol. The minimum atomic E-state index is -0.651. The third-order valence-corrected chi connectivity index (χ3v) is 4.78. The molecule has 0 fully saturated rings. The van der Waals surface area contributed by atoms with Gasteiger partial charge in [-0.15, -0.1) is 0 Å². The monoisotopic (exact) mass is 466 g/mol. The predicted molar refractivity (Wildman–Crippen MR) is 114 cm³/mol. The average Bonchev–Trinajstić information content (AvgIpc) is 2.64. The number of halogens is 2. The maximum Gasteiger partial charge on any atom is 0.261 e. The predicted octanol–water partition coefficient (Wildman–Crippen LogP) is 4.42. The Balaban J connectivity index is 2.14. The Bertz CT molecular complexity index is 812. The van der Waals surface area contributed by atoms with Gasteiger partial charge in [-0.3, -0.25) is 9.59 Å². The van der Waals surface area contributed by atoms with Crippen molar-refractivity contribution in [1.82, 2.24) is 10.2 Å². The summed E-state index contributed by atoms with van der Waals surface area (Å²) in [6.07, 6.45) is 0. The zero-order valence-corrected chi connectivity index (χ0v) is 18.5. The molecule has 150 valence electrons. The summed E-state index contributed by atoms with van der Waals surface area (Å²) in [5, 5.41) is 3.43. The van der Waals surface area contributed by atoms with Crippen LogP contribution in [0.4, 0.5) is 0 Å². The van der Waals surface area contributed by atoms with E-state index in [1.54, 1.807) is 31.2 Å². The van der Waals surface area contributed by atoms with Crippen LogP contribution < -0.4 is 10.1 Å². The number of hydrogen-bond donors (Lipinski definition) is 1. The summed E-state index contributed by atoms with van der Waals surface area (Å²) in [6, 6.07) is 13.8. The van der Waals surface area contributed by atoms with Gasteiger partial charge >= 0.3 is 0 Å². The quantitative estimate of drug-likeness (QED) is 0.625. The molecule has 0 aliphatic carbocycles. The van der Waals surface area contributed by atoms with Crippen LogP contribution in [0.2, 0.25) is 5.02 Å². The minimum absolute atomic E-state index is 0.0166. The van der Waals surface area contributed by atoms with E-state index in [9.17, 15) is 9.59 Å². The van der Waals surface area contributed by atoms with E-state index in [0.29, 0.717) is 10.8 Å². The number of nitrogens with zero attached hydrogens (tertiary/aromatic N) is 1. The Labute approximate surface area is 179 Å². The first-order chi connectivity index (χ1) is 13.3. The molecule has 0 bridgehead atoms. The van der Waals surface area contributed by atoms with E-state index in [2.05, 4.69) is 21.2 Å². The van der Waals surface area contributed by atoms with Gasteiger partial charge < -0.3 is 15.0 Å². The molecule has 0 radical (unpaired) electrons. The number of rotatable bonds is 8. The van der Waals surface area contributed by atoms with Crippen LogP contribution in [-0.4, -0.2) is 35.4 Å². The highest BCUT2D eigenvalue weighted by molar-refractivity contribution is 9.10. The first-order valence-electron chi connectivity index (χ1n) is 8.99. The van der Waals surface area contributed by atoms with Crippen molar-refractivity contribution >= 4 is 39.3 Å². The Morgan fingerprint density at radius 1 is 1.14 bits per heavy atom. The standard InChI is InChI=1S/C21H24BrClN2O3/c1-14(2)24-21(27)15(3)25(12-16-5-4-6-18(23)11-16)20(26)13-28-19-9-7-17(22)8-10-19/h4-11,14-15H,12-13H2,1-3H3,(H,24,27)/t15-/m1/s1. The average molecular weight is 468 g/mol. The Morgan fingerprint density at radius 3 is 2.43 bits per heavy atom. The molecule has 0 unspecified atom stereocenters. The summed E-state index contributed by atoms with van der Waals surface area (Å²) >= 11 is 9.42. The van der Waals surface area contributed by atoms with Crippen molar-refractivity contribution in [2.45, 2.75) is 39.4 Å². The van der Waals surface area contributed by atoms with Crippen molar-refractivity contribution in [3.05, 3.63) is 63.6 Å². The maximum atomic E-state index is 12.9. The number of carbonyl (C=O) groups excluding carboxylic acids is 2. The van der Waals surface area contributed by atoms with Gasteiger partial charge in [-0.05, 0) is 62.7 Å². The fraction of sp³-hybridized carbons (Fsp3) is 0.333. The summed E-state index contributed by atoms with van der Waals surface area (Å²) in [6.45, 7) is 5.56. The third-order valence-electron chi connectivity index (χ3n) is 4.02. The van der Waals surface area contributed by atoms with Crippen molar-refractivity contribution in [3.8, 4) is 5.75 Å². The second-order valence-corrected chi connectivity index (χ2v) is 8.09. The van der Waals surface area contributed by atoms with Gasteiger partial charge in [0.2, 0.25) is 5.91 Å². The summed E-state index contributed by atoms with van der Waals surface area (Å²) in [7, 11) is 0. The van der Waals surface area contributed by atoms with Crippen molar-refractivity contribution < 1.29 is 14.3 Å². The first-order valence-corrected chi connectivity index (χ1v) is 10.2. The molecular formula is C21H24BrClN2O3. The van der Waals surface area contributed by atoms with Crippen molar-refractivity contribution in [2.75, 3.05) is 6.61 Å². The molecule has 0 saturated carbocycles. The second kappa shape index (κ2) is 10.5. The van der Waals surface area contributed by atoms with Crippen molar-refractivity contribution in [1.29, 1.82) is 0 Å². The van der Waals surface area contributed by atoms with Gasteiger partial charge in [-0.1, -0.05) is 39.7 Å². The van der Waals surface area contributed by atoms with Crippen LogP contribution in [0.1, 0.15) is 26.3 Å². The summed E-state index contributed by atoms with van der Waals surface area (Å²) in [4.78, 5) is 26.9. The van der Waals surface area contributed by atoms with E-state index in [1.807, 2.05) is 38.1 Å². The highest BCUT2D eigenvalue weighted by Crippen LogP contribution is 2.18. The van der Waals surface area contributed by atoms with E-state index in [4.69, 9.17) is 16.3 Å². The highest BCUT2D eigenvalue weighted by Gasteiger charge is 2.26. The number of nitrogens with one attached hydrogen (secondary N) is 1. The van der Waals surface area contributed by atoms with E-state index in [1.165, 1.54) is 4.90 Å². The second-order valence-electron chi connectivity index (χ2n) is 6.73. The molecule has 2 rings (SSSR count). The highest BCUT2D eigenvalue weighted by atomic mass is 79.9. The molecule has 1 atom stereocenters. The lowest BCUT2D eigenvalue weighted by Crippen LogP contribution is -2.50. The van der Waals surface area contributed by atoms with Gasteiger partial charge in [0.15, 0.2) is 6.61 Å². The Kier molecular flexibility index (Phi) is 8.33. The fourth-order valence-electron chi connectivity index (χ4n) is 2.58. The molecule has 0 saturated heterocycles. The fourth-order valence-corrected chi connectivity index (χ4v) is 3.06. The van der Waals surface area contributed by atoms with Crippen LogP contribution in [0.15, 0.2) is 53.0 Å². The molecule has 0 aliphatic heterocycles. The lowest BCUT2D eigenvalue weighted by atomic mass is 10.1. The van der Waals surface area contributed by atoms with Gasteiger partial charge in [0, 0.05) is 22.1 Å². The lowest BCUT2D eigenvalue weighted by Gasteiger charge is -2.29. The topological polar surface area (TPSA) is 58.6 Å². The molecule has 1 N–H and O–H groups in total. The number of carbonyl (C=O) groups is 2. The van der Waals surface area contributed by atoms with Gasteiger partial charge in [0.05, 0.1) is 0 Å². The summed E-state index contributed by atoms with van der Waals surface area (Å²) < 4.78 is 6.53. The van der Waals surface area contributed by atoms with E-state index in [-0.39, 0.29) is 31.0 Å². The zero-order chi connectivity index (χ0) is 20.7. The zero-order valence-electron chi connectivity index (χ0n) is 16.1. The van der Waals surface area contributed by atoms with Crippen molar-refractivity contribution in [3.63, 3.8) is 0 Å². The van der Waals surface area contributed by atoms with Gasteiger partial charge in [-0.2, -0.15) is 0 Å². The van der Waals surface area contributed by atoms with Gasteiger partial charge in [0.25, 0.3) is 5.91 Å². The van der Waals surface area contributed by atoms with E-state index >= 15 is 0 Å². The molecule has 0 aliphatic rings. The summed E-state index contributed by atoms with van der Waals surface area (Å²) in [5.41, 5.74) is 0.841. The Morgan fingerprint density at radius 2 is 1.82 bits per heavy atom. The number of hydrogen-bond acceptors (Lipinski definition) is 3. The maximum absolute atomic E-state index is 12.9. The van der Waals surface area contributed by atoms with Crippen LogP contribution in [-0.2, 0) is 16.1 Å². The minimum Gasteiger partial charge on any atom is -0.484 e. The molecule has 7 heteroatoms. The lowest BCUT2D eigenvalue weighted by molar-refractivity contribution is -0.142. The van der Waals surface area contributed by atoms with Crippen molar-refractivity contribution in [2.24, 2.45) is 0 Å².